The average Bonchev–Trinajstić information content (AvgIpc) is 3.27. The summed E-state index contributed by atoms with van der Waals surface area (Å²) in [4.78, 5) is 11.5. The van der Waals surface area contributed by atoms with E-state index in [0.29, 0.717) is 5.11 Å². The molecule has 3 heterocycles. The van der Waals surface area contributed by atoms with Crippen molar-refractivity contribution in [2.75, 3.05) is 13.1 Å². The van der Waals surface area contributed by atoms with Crippen LogP contribution in [0.25, 0.3) is 0 Å². The summed E-state index contributed by atoms with van der Waals surface area (Å²) in [6, 6.07) is 15.5. The molecule has 6 nitrogen and oxygen atoms in total. The third-order valence-electron chi connectivity index (χ3n) is 5.77. The van der Waals surface area contributed by atoms with Gasteiger partial charge in [0.05, 0.1) is 0 Å². The number of phenols is 1. The second-order valence-electron chi connectivity index (χ2n) is 8.41. The van der Waals surface area contributed by atoms with Gasteiger partial charge in [0.1, 0.15) is 22.7 Å². The van der Waals surface area contributed by atoms with Crippen molar-refractivity contribution >= 4 is 29.4 Å². The zero-order valence-corrected chi connectivity index (χ0v) is 17.8. The Labute approximate surface area is 181 Å². The van der Waals surface area contributed by atoms with Gasteiger partial charge in [-0.15, -0.1) is 0 Å². The van der Waals surface area contributed by atoms with E-state index < -0.39 is 5.54 Å². The molecule has 3 aliphatic heterocycles. The van der Waals surface area contributed by atoms with E-state index in [1.54, 1.807) is 12.1 Å². The quantitative estimate of drug-likeness (QED) is 0.744. The number of nitrogens with zero attached hydrogens (tertiary/aromatic N) is 3. The number of nitrogens with one attached hydrogen (secondary N) is 1. The summed E-state index contributed by atoms with van der Waals surface area (Å²) in [5, 5.41) is 14.1. The van der Waals surface area contributed by atoms with Crippen LogP contribution in [-0.4, -0.2) is 45.9 Å². The number of phenolic OH excluding ortho intramolecular Hbond substituents is 1. The fraction of sp³-hybridized carbons (Fsp3) is 0.348. The number of rotatable bonds is 3. The number of ether oxygens (including phenoxy) is 1. The molecule has 3 aliphatic rings. The lowest BCUT2D eigenvalue weighted by molar-refractivity contribution is -0.00177. The predicted octanol–water partition coefficient (Wildman–Crippen LogP) is 3.51. The monoisotopic (exact) mass is 420 g/mol. The Morgan fingerprint density at radius 3 is 2.70 bits per heavy atom. The highest BCUT2D eigenvalue weighted by Gasteiger charge is 2.50. The summed E-state index contributed by atoms with van der Waals surface area (Å²) in [6.45, 7) is 5.61. The Bertz CT molecular complexity index is 1060. The Morgan fingerprint density at radius 2 is 1.97 bits per heavy atom. The second kappa shape index (κ2) is 6.89. The van der Waals surface area contributed by atoms with Crippen molar-refractivity contribution in [3.63, 3.8) is 0 Å². The highest BCUT2D eigenvalue weighted by molar-refractivity contribution is 7.80. The van der Waals surface area contributed by atoms with Crippen LogP contribution in [0.4, 0.5) is 0 Å². The molecule has 0 bridgehead atoms. The lowest BCUT2D eigenvalue weighted by Crippen LogP contribution is -2.46. The summed E-state index contributed by atoms with van der Waals surface area (Å²) in [5.74, 6) is 1.12. The van der Waals surface area contributed by atoms with Gasteiger partial charge in [-0.1, -0.05) is 30.3 Å². The standard InChI is InChI=1S/C23H24N4O2S/c1-22(2)14-25-19(29-22)15-5-3-6-17(13-15)23(16-7-9-18(28)10-8-16)20-24-11-4-12-27(20)21(30)26-23/h3,5-10,13-14,19,28H,4,11-12H2,1-2H3,(H,26,30). The molecule has 2 aromatic rings. The van der Waals surface area contributed by atoms with Gasteiger partial charge in [0.25, 0.3) is 0 Å². The number of fused-ring (bicyclic) bond motifs is 1. The van der Waals surface area contributed by atoms with Gasteiger partial charge in [0.15, 0.2) is 11.3 Å². The van der Waals surface area contributed by atoms with Crippen LogP contribution < -0.4 is 5.32 Å². The molecule has 30 heavy (non-hydrogen) atoms. The number of thiocarbonyl (C=S) groups is 1. The maximum atomic E-state index is 9.86. The van der Waals surface area contributed by atoms with Gasteiger partial charge in [0.2, 0.25) is 0 Å². The zero-order chi connectivity index (χ0) is 20.9. The predicted molar refractivity (Wildman–Crippen MR) is 121 cm³/mol. The molecular weight excluding hydrogens is 396 g/mol. The first kappa shape index (κ1) is 19.2. The molecule has 0 amide bonds. The zero-order valence-electron chi connectivity index (χ0n) is 17.0. The van der Waals surface area contributed by atoms with E-state index in [1.807, 2.05) is 44.3 Å². The van der Waals surface area contributed by atoms with Crippen molar-refractivity contribution in [2.45, 2.75) is 37.6 Å². The number of benzene rings is 2. The molecule has 0 spiro atoms. The molecular formula is C23H24N4O2S. The molecule has 7 heteroatoms. The molecule has 5 rings (SSSR count). The molecule has 1 saturated heterocycles. The molecule has 0 radical (unpaired) electrons. The topological polar surface area (TPSA) is 69.5 Å². The highest BCUT2D eigenvalue weighted by Crippen LogP contribution is 2.40. The van der Waals surface area contributed by atoms with E-state index >= 15 is 0 Å². The third-order valence-corrected chi connectivity index (χ3v) is 6.10. The summed E-state index contributed by atoms with van der Waals surface area (Å²) in [6.07, 6.45) is 2.49. The van der Waals surface area contributed by atoms with Crippen molar-refractivity contribution in [1.29, 1.82) is 0 Å². The van der Waals surface area contributed by atoms with Crippen LogP contribution in [0.2, 0.25) is 0 Å². The van der Waals surface area contributed by atoms with Crippen molar-refractivity contribution < 1.29 is 9.84 Å². The van der Waals surface area contributed by atoms with Gasteiger partial charge in [-0.25, -0.2) is 0 Å². The number of hydrogen-bond donors (Lipinski definition) is 2. The van der Waals surface area contributed by atoms with Crippen LogP contribution in [0.3, 0.4) is 0 Å². The van der Waals surface area contributed by atoms with Crippen LogP contribution in [-0.2, 0) is 10.3 Å². The molecule has 2 unspecified atom stereocenters. The van der Waals surface area contributed by atoms with E-state index in [2.05, 4.69) is 27.3 Å². The summed E-state index contributed by atoms with van der Waals surface area (Å²) < 4.78 is 6.09. The van der Waals surface area contributed by atoms with Gasteiger partial charge in [-0.3, -0.25) is 9.98 Å². The van der Waals surface area contributed by atoms with E-state index in [-0.39, 0.29) is 17.6 Å². The van der Waals surface area contributed by atoms with E-state index in [9.17, 15) is 5.11 Å². The molecule has 0 aliphatic carbocycles. The maximum absolute atomic E-state index is 9.86. The molecule has 154 valence electrons. The molecule has 0 saturated carbocycles. The van der Waals surface area contributed by atoms with Crippen LogP contribution >= 0.6 is 12.2 Å². The summed E-state index contributed by atoms with van der Waals surface area (Å²) in [7, 11) is 0. The first-order chi connectivity index (χ1) is 14.4. The molecule has 1 fully saturated rings. The third kappa shape index (κ3) is 3.00. The fourth-order valence-corrected chi connectivity index (χ4v) is 4.69. The molecule has 2 aromatic carbocycles. The van der Waals surface area contributed by atoms with Crippen LogP contribution in [0, 0.1) is 0 Å². The van der Waals surface area contributed by atoms with Gasteiger partial charge < -0.3 is 20.1 Å². The van der Waals surface area contributed by atoms with E-state index in [4.69, 9.17) is 21.9 Å². The first-order valence-electron chi connectivity index (χ1n) is 10.2. The molecule has 2 atom stereocenters. The minimum Gasteiger partial charge on any atom is -0.508 e. The van der Waals surface area contributed by atoms with Gasteiger partial charge >= 0.3 is 0 Å². The van der Waals surface area contributed by atoms with Crippen molar-refractivity contribution in [3.05, 3.63) is 65.2 Å². The average molecular weight is 421 g/mol. The smallest absolute Gasteiger partial charge is 0.175 e. The lowest BCUT2D eigenvalue weighted by Gasteiger charge is -2.33. The van der Waals surface area contributed by atoms with E-state index in [1.165, 1.54) is 0 Å². The highest BCUT2D eigenvalue weighted by atomic mass is 32.1. The minimum absolute atomic E-state index is 0.224. The Kier molecular flexibility index (Phi) is 4.41. The first-order valence-corrected chi connectivity index (χ1v) is 10.6. The lowest BCUT2D eigenvalue weighted by atomic mass is 9.81. The van der Waals surface area contributed by atoms with Gasteiger partial charge in [-0.2, -0.15) is 0 Å². The largest absolute Gasteiger partial charge is 0.508 e. The van der Waals surface area contributed by atoms with Crippen LogP contribution in [0.1, 0.15) is 43.2 Å². The number of aromatic hydroxyl groups is 1. The van der Waals surface area contributed by atoms with Crippen molar-refractivity contribution in [2.24, 2.45) is 9.98 Å². The molecule has 2 N–H and O–H groups in total. The Morgan fingerprint density at radius 1 is 1.17 bits per heavy atom. The minimum atomic E-state index is -0.723. The summed E-state index contributed by atoms with van der Waals surface area (Å²) >= 11 is 5.70. The van der Waals surface area contributed by atoms with E-state index in [0.717, 1.165) is 42.0 Å². The number of aliphatic imine (C=N–C) groups is 2. The Balaban J connectivity index is 1.66. The second-order valence-corrected chi connectivity index (χ2v) is 8.80. The normalized spacial score (nSPS) is 27.0. The Hall–Kier alpha value is -2.77. The maximum Gasteiger partial charge on any atom is 0.175 e. The number of hydrogen-bond acceptors (Lipinski definition) is 5. The number of amidine groups is 1. The van der Waals surface area contributed by atoms with Crippen LogP contribution in [0.5, 0.6) is 5.75 Å². The SMILES string of the molecule is CC1(C)C=NC(c2cccc(C3(c4ccc(O)cc4)NC(=S)N4CCCN=C43)c2)O1. The van der Waals surface area contributed by atoms with Crippen molar-refractivity contribution in [3.8, 4) is 5.75 Å². The fourth-order valence-electron chi connectivity index (χ4n) is 4.36. The van der Waals surface area contributed by atoms with Gasteiger partial charge in [0, 0.05) is 24.9 Å². The van der Waals surface area contributed by atoms with Crippen molar-refractivity contribution in [1.82, 2.24) is 10.2 Å². The summed E-state index contributed by atoms with van der Waals surface area (Å²) in [5.41, 5.74) is 1.86. The van der Waals surface area contributed by atoms with Gasteiger partial charge in [-0.05, 0) is 61.8 Å². The van der Waals surface area contributed by atoms with Crippen LogP contribution in [0.15, 0.2) is 58.5 Å². The molecule has 0 aromatic heterocycles.